The zero-order valence-electron chi connectivity index (χ0n) is 12.8. The molecule has 1 saturated carbocycles. The summed E-state index contributed by atoms with van der Waals surface area (Å²) in [5, 5.41) is 0. The molecule has 1 aromatic carbocycles. The molecule has 1 aliphatic carbocycles. The predicted octanol–water partition coefficient (Wildman–Crippen LogP) is 4.01. The molecule has 2 unspecified atom stereocenters. The Bertz CT molecular complexity index is 482. The van der Waals surface area contributed by atoms with Crippen LogP contribution in [0.5, 0.6) is 5.75 Å². The Hall–Kier alpha value is -1.02. The van der Waals surface area contributed by atoms with Gasteiger partial charge in [0.15, 0.2) is 0 Å². The van der Waals surface area contributed by atoms with Crippen molar-refractivity contribution in [3.05, 3.63) is 29.3 Å². The molecule has 1 heterocycles. The van der Waals surface area contributed by atoms with Crippen molar-refractivity contribution in [3.63, 3.8) is 0 Å². The molecule has 1 fully saturated rings. The van der Waals surface area contributed by atoms with Crippen LogP contribution < -0.4 is 10.5 Å². The van der Waals surface area contributed by atoms with E-state index in [1.54, 1.807) is 0 Å². The minimum Gasteiger partial charge on any atom is -0.493 e. The van der Waals surface area contributed by atoms with E-state index in [2.05, 4.69) is 32.0 Å². The summed E-state index contributed by atoms with van der Waals surface area (Å²) >= 11 is 0. The molecule has 2 heteroatoms. The SMILES string of the molecule is CC(C)C1CCCC(N)(c2ccc3c(c2)CCO3)CC1. The molecule has 1 aromatic rings. The van der Waals surface area contributed by atoms with E-state index in [1.807, 2.05) is 0 Å². The van der Waals surface area contributed by atoms with Crippen LogP contribution in [0.3, 0.4) is 0 Å². The van der Waals surface area contributed by atoms with Gasteiger partial charge in [-0.15, -0.1) is 0 Å². The monoisotopic (exact) mass is 273 g/mol. The zero-order valence-corrected chi connectivity index (χ0v) is 12.8. The number of nitrogens with two attached hydrogens (primary N) is 1. The van der Waals surface area contributed by atoms with E-state index < -0.39 is 0 Å². The lowest BCUT2D eigenvalue weighted by atomic mass is 9.82. The van der Waals surface area contributed by atoms with Gasteiger partial charge in [-0.3, -0.25) is 0 Å². The van der Waals surface area contributed by atoms with Crippen LogP contribution >= 0.6 is 0 Å². The van der Waals surface area contributed by atoms with Gasteiger partial charge in [-0.2, -0.15) is 0 Å². The van der Waals surface area contributed by atoms with Crippen LogP contribution in [0.2, 0.25) is 0 Å². The summed E-state index contributed by atoms with van der Waals surface area (Å²) in [4.78, 5) is 0. The Morgan fingerprint density at radius 2 is 2.10 bits per heavy atom. The van der Waals surface area contributed by atoms with E-state index in [4.69, 9.17) is 10.5 Å². The number of hydrogen-bond donors (Lipinski definition) is 1. The Morgan fingerprint density at radius 1 is 1.25 bits per heavy atom. The smallest absolute Gasteiger partial charge is 0.122 e. The van der Waals surface area contributed by atoms with Crippen molar-refractivity contribution in [1.29, 1.82) is 0 Å². The van der Waals surface area contributed by atoms with Gasteiger partial charge in [0.1, 0.15) is 5.75 Å². The molecule has 110 valence electrons. The fraction of sp³-hybridized carbons (Fsp3) is 0.667. The molecule has 2 atom stereocenters. The molecule has 0 aromatic heterocycles. The van der Waals surface area contributed by atoms with Crippen LogP contribution in [-0.4, -0.2) is 6.61 Å². The van der Waals surface area contributed by atoms with E-state index in [9.17, 15) is 0 Å². The molecule has 0 spiro atoms. The highest BCUT2D eigenvalue weighted by Gasteiger charge is 2.32. The molecule has 0 amide bonds. The van der Waals surface area contributed by atoms with Crippen molar-refractivity contribution in [3.8, 4) is 5.75 Å². The van der Waals surface area contributed by atoms with E-state index in [-0.39, 0.29) is 5.54 Å². The Labute approximate surface area is 122 Å². The van der Waals surface area contributed by atoms with Gasteiger partial charge in [0, 0.05) is 12.0 Å². The molecular weight excluding hydrogens is 246 g/mol. The summed E-state index contributed by atoms with van der Waals surface area (Å²) in [6.45, 7) is 5.52. The zero-order chi connectivity index (χ0) is 14.2. The van der Waals surface area contributed by atoms with Crippen molar-refractivity contribution < 1.29 is 4.74 Å². The van der Waals surface area contributed by atoms with E-state index in [1.165, 1.54) is 30.4 Å². The second-order valence-electron chi connectivity index (χ2n) is 7.01. The van der Waals surface area contributed by atoms with Crippen molar-refractivity contribution in [1.82, 2.24) is 0 Å². The number of ether oxygens (including phenoxy) is 1. The molecule has 0 saturated heterocycles. The molecular formula is C18H27NO. The van der Waals surface area contributed by atoms with E-state index >= 15 is 0 Å². The maximum atomic E-state index is 6.80. The summed E-state index contributed by atoms with van der Waals surface area (Å²) in [6.07, 6.45) is 7.14. The van der Waals surface area contributed by atoms with Gasteiger partial charge in [0.25, 0.3) is 0 Å². The Kier molecular flexibility index (Phi) is 3.76. The molecule has 2 aliphatic rings. The summed E-state index contributed by atoms with van der Waals surface area (Å²) in [5.74, 6) is 2.69. The van der Waals surface area contributed by atoms with Gasteiger partial charge in [-0.05, 0) is 48.3 Å². The highest BCUT2D eigenvalue weighted by molar-refractivity contribution is 5.42. The molecule has 0 radical (unpaired) electrons. The second kappa shape index (κ2) is 5.40. The normalized spacial score (nSPS) is 29.9. The fourth-order valence-electron chi connectivity index (χ4n) is 3.84. The lowest BCUT2D eigenvalue weighted by Gasteiger charge is -2.29. The lowest BCUT2D eigenvalue weighted by molar-refractivity contribution is 0.325. The second-order valence-corrected chi connectivity index (χ2v) is 7.01. The van der Waals surface area contributed by atoms with Crippen LogP contribution in [-0.2, 0) is 12.0 Å². The van der Waals surface area contributed by atoms with Crippen molar-refractivity contribution in [2.45, 2.75) is 57.9 Å². The van der Waals surface area contributed by atoms with E-state index in [0.717, 1.165) is 43.5 Å². The summed E-state index contributed by atoms with van der Waals surface area (Å²) in [7, 11) is 0. The highest BCUT2D eigenvalue weighted by Crippen LogP contribution is 2.39. The fourth-order valence-corrected chi connectivity index (χ4v) is 3.84. The minimum absolute atomic E-state index is 0.124. The average molecular weight is 273 g/mol. The van der Waals surface area contributed by atoms with Crippen molar-refractivity contribution in [2.24, 2.45) is 17.6 Å². The third-order valence-corrected chi connectivity index (χ3v) is 5.37. The molecule has 3 rings (SSSR count). The van der Waals surface area contributed by atoms with Crippen molar-refractivity contribution in [2.75, 3.05) is 6.61 Å². The molecule has 20 heavy (non-hydrogen) atoms. The Balaban J connectivity index is 1.81. The molecule has 2 N–H and O–H groups in total. The van der Waals surface area contributed by atoms with Gasteiger partial charge in [-0.25, -0.2) is 0 Å². The average Bonchev–Trinajstić information content (AvgIpc) is 2.80. The Morgan fingerprint density at radius 3 is 2.90 bits per heavy atom. The number of hydrogen-bond acceptors (Lipinski definition) is 2. The van der Waals surface area contributed by atoms with Crippen LogP contribution in [0, 0.1) is 11.8 Å². The lowest BCUT2D eigenvalue weighted by Crippen LogP contribution is -2.36. The first-order valence-corrected chi connectivity index (χ1v) is 8.13. The molecule has 1 aliphatic heterocycles. The van der Waals surface area contributed by atoms with Crippen molar-refractivity contribution >= 4 is 0 Å². The van der Waals surface area contributed by atoms with Gasteiger partial charge in [-0.1, -0.05) is 38.8 Å². The topological polar surface area (TPSA) is 35.2 Å². The van der Waals surface area contributed by atoms with Gasteiger partial charge >= 0.3 is 0 Å². The largest absolute Gasteiger partial charge is 0.493 e. The van der Waals surface area contributed by atoms with Crippen LogP contribution in [0.1, 0.15) is 57.1 Å². The van der Waals surface area contributed by atoms with Gasteiger partial charge in [0.2, 0.25) is 0 Å². The van der Waals surface area contributed by atoms with Crippen LogP contribution in [0.4, 0.5) is 0 Å². The number of rotatable bonds is 2. The quantitative estimate of drug-likeness (QED) is 0.826. The molecule has 0 bridgehead atoms. The van der Waals surface area contributed by atoms with E-state index in [0.29, 0.717) is 0 Å². The predicted molar refractivity (Wildman–Crippen MR) is 82.9 cm³/mol. The minimum atomic E-state index is -0.124. The number of fused-ring (bicyclic) bond motifs is 1. The highest BCUT2D eigenvalue weighted by atomic mass is 16.5. The van der Waals surface area contributed by atoms with Gasteiger partial charge < -0.3 is 10.5 Å². The standard InChI is InChI=1S/C18H27NO/c1-13(2)14-4-3-9-18(19,10-7-14)16-5-6-17-15(12-16)8-11-20-17/h5-6,12-14H,3-4,7-11,19H2,1-2H3. The van der Waals surface area contributed by atoms with Gasteiger partial charge in [0.05, 0.1) is 6.61 Å². The first kappa shape index (κ1) is 13.9. The van der Waals surface area contributed by atoms with Crippen LogP contribution in [0.25, 0.3) is 0 Å². The summed E-state index contributed by atoms with van der Waals surface area (Å²) in [5.41, 5.74) is 9.34. The maximum Gasteiger partial charge on any atom is 0.122 e. The maximum absolute atomic E-state index is 6.80. The summed E-state index contributed by atoms with van der Waals surface area (Å²) < 4.78 is 5.61. The summed E-state index contributed by atoms with van der Waals surface area (Å²) in [6, 6.07) is 6.62. The first-order chi connectivity index (χ1) is 9.58. The van der Waals surface area contributed by atoms with Crippen LogP contribution in [0.15, 0.2) is 18.2 Å². The number of benzene rings is 1. The molecule has 2 nitrogen and oxygen atoms in total. The third kappa shape index (κ3) is 2.58. The first-order valence-electron chi connectivity index (χ1n) is 8.13. The third-order valence-electron chi connectivity index (χ3n) is 5.37.